The molecule has 2 rings (SSSR count). The van der Waals surface area contributed by atoms with Crippen molar-refractivity contribution < 1.29 is 9.84 Å². The van der Waals surface area contributed by atoms with E-state index in [1.54, 1.807) is 0 Å². The third-order valence-corrected chi connectivity index (χ3v) is 4.02. The molecule has 0 aliphatic carbocycles. The van der Waals surface area contributed by atoms with Crippen molar-refractivity contribution in [1.82, 2.24) is 15.0 Å². The van der Waals surface area contributed by atoms with E-state index in [0.29, 0.717) is 31.5 Å². The summed E-state index contributed by atoms with van der Waals surface area (Å²) in [6, 6.07) is 0. The second-order valence-corrected chi connectivity index (χ2v) is 5.46. The van der Waals surface area contributed by atoms with Gasteiger partial charge < -0.3 is 20.1 Å². The molecule has 2 N–H and O–H groups in total. The molecule has 1 aliphatic rings. The van der Waals surface area contributed by atoms with Crippen molar-refractivity contribution in [3.63, 3.8) is 0 Å². The molecule has 0 radical (unpaired) electrons. The van der Waals surface area contributed by atoms with Crippen LogP contribution >= 0.6 is 11.6 Å². The van der Waals surface area contributed by atoms with E-state index in [4.69, 9.17) is 16.3 Å². The molecular formula is C13H22ClN5O2. The molecule has 0 aromatic carbocycles. The largest absolute Gasteiger partial charge is 0.385 e. The van der Waals surface area contributed by atoms with E-state index in [1.165, 1.54) is 0 Å². The van der Waals surface area contributed by atoms with Crippen LogP contribution in [0.1, 0.15) is 27.2 Å². The van der Waals surface area contributed by atoms with Gasteiger partial charge in [0.1, 0.15) is 5.60 Å². The molecule has 1 aliphatic heterocycles. The summed E-state index contributed by atoms with van der Waals surface area (Å²) in [5.41, 5.74) is -0.908. The predicted octanol–water partition coefficient (Wildman–Crippen LogP) is 1.32. The standard InChI is InChI=1S/C13H22ClN5O2/c1-4-19(5-2)12-17-10(14)16-11(18-12)15-8-13(20)6-7-21-9(13)3/h9,20H,4-8H2,1-3H3,(H,15,16,17,18). The summed E-state index contributed by atoms with van der Waals surface area (Å²) < 4.78 is 5.40. The minimum atomic E-state index is -0.908. The SMILES string of the molecule is CCN(CC)c1nc(Cl)nc(NCC2(O)CCOC2C)n1. The van der Waals surface area contributed by atoms with E-state index in [2.05, 4.69) is 20.3 Å². The summed E-state index contributed by atoms with van der Waals surface area (Å²) in [5, 5.41) is 13.6. The molecule has 2 atom stereocenters. The van der Waals surface area contributed by atoms with Crippen molar-refractivity contribution in [2.75, 3.05) is 36.5 Å². The molecule has 2 unspecified atom stereocenters. The Morgan fingerprint density at radius 2 is 2.10 bits per heavy atom. The molecule has 0 saturated carbocycles. The first kappa shape index (κ1) is 16.2. The Hall–Kier alpha value is -1.18. The lowest BCUT2D eigenvalue weighted by Gasteiger charge is -2.26. The van der Waals surface area contributed by atoms with Crippen molar-refractivity contribution in [2.24, 2.45) is 0 Å². The van der Waals surface area contributed by atoms with Crippen LogP contribution in [0.4, 0.5) is 11.9 Å². The second-order valence-electron chi connectivity index (χ2n) is 5.12. The fourth-order valence-electron chi connectivity index (χ4n) is 2.30. The van der Waals surface area contributed by atoms with E-state index >= 15 is 0 Å². The Balaban J connectivity index is 2.09. The van der Waals surface area contributed by atoms with Crippen molar-refractivity contribution in [1.29, 1.82) is 0 Å². The summed E-state index contributed by atoms with van der Waals surface area (Å²) in [6.45, 7) is 8.34. The molecular weight excluding hydrogens is 294 g/mol. The molecule has 8 heteroatoms. The first-order chi connectivity index (χ1) is 9.98. The van der Waals surface area contributed by atoms with Gasteiger partial charge in [0.05, 0.1) is 6.10 Å². The molecule has 21 heavy (non-hydrogen) atoms. The van der Waals surface area contributed by atoms with E-state index in [1.807, 2.05) is 25.7 Å². The lowest BCUT2D eigenvalue weighted by Crippen LogP contribution is -2.43. The maximum atomic E-state index is 10.5. The second kappa shape index (κ2) is 6.72. The Kier molecular flexibility index (Phi) is 5.18. The quantitative estimate of drug-likeness (QED) is 0.819. The molecule has 1 fully saturated rings. The first-order valence-corrected chi connectivity index (χ1v) is 7.60. The molecule has 0 spiro atoms. The number of rotatable bonds is 6. The average Bonchev–Trinajstić information content (AvgIpc) is 2.78. The van der Waals surface area contributed by atoms with Gasteiger partial charge in [-0.2, -0.15) is 15.0 Å². The van der Waals surface area contributed by atoms with Crippen LogP contribution in [0.15, 0.2) is 0 Å². The Labute approximate surface area is 129 Å². The van der Waals surface area contributed by atoms with E-state index in [-0.39, 0.29) is 11.4 Å². The smallest absolute Gasteiger partial charge is 0.231 e. The maximum Gasteiger partial charge on any atom is 0.231 e. The summed E-state index contributed by atoms with van der Waals surface area (Å²) in [7, 11) is 0. The van der Waals surface area contributed by atoms with E-state index in [0.717, 1.165) is 13.1 Å². The molecule has 118 valence electrons. The highest BCUT2D eigenvalue weighted by Crippen LogP contribution is 2.26. The van der Waals surface area contributed by atoms with Gasteiger partial charge in [-0.3, -0.25) is 0 Å². The highest BCUT2D eigenvalue weighted by Gasteiger charge is 2.39. The number of aliphatic hydroxyl groups is 1. The van der Waals surface area contributed by atoms with Crippen LogP contribution in [0.25, 0.3) is 0 Å². The van der Waals surface area contributed by atoms with Crippen LogP contribution in [0.2, 0.25) is 5.28 Å². The number of nitrogens with one attached hydrogen (secondary N) is 1. The summed E-state index contributed by atoms with van der Waals surface area (Å²) in [5.74, 6) is 0.898. The van der Waals surface area contributed by atoms with Gasteiger partial charge in [0.15, 0.2) is 0 Å². The van der Waals surface area contributed by atoms with Crippen molar-refractivity contribution in [2.45, 2.75) is 38.9 Å². The number of halogens is 1. The van der Waals surface area contributed by atoms with Gasteiger partial charge in [-0.05, 0) is 32.4 Å². The number of nitrogens with zero attached hydrogens (tertiary/aromatic N) is 4. The molecule has 0 bridgehead atoms. The zero-order chi connectivity index (χ0) is 15.5. The van der Waals surface area contributed by atoms with Gasteiger partial charge >= 0.3 is 0 Å². The fourth-order valence-corrected chi connectivity index (χ4v) is 2.46. The van der Waals surface area contributed by atoms with Crippen molar-refractivity contribution >= 4 is 23.5 Å². The van der Waals surface area contributed by atoms with Gasteiger partial charge in [-0.15, -0.1) is 0 Å². The highest BCUT2D eigenvalue weighted by atomic mass is 35.5. The number of hydrogen-bond acceptors (Lipinski definition) is 7. The van der Waals surface area contributed by atoms with Crippen LogP contribution in [-0.4, -0.2) is 58.0 Å². The lowest BCUT2D eigenvalue weighted by molar-refractivity contribution is -0.0176. The summed E-state index contributed by atoms with van der Waals surface area (Å²) in [6.07, 6.45) is 0.368. The average molecular weight is 316 g/mol. The monoisotopic (exact) mass is 315 g/mol. The normalized spacial score (nSPS) is 25.1. The highest BCUT2D eigenvalue weighted by molar-refractivity contribution is 6.28. The van der Waals surface area contributed by atoms with Gasteiger partial charge in [-0.1, -0.05) is 0 Å². The lowest BCUT2D eigenvalue weighted by atomic mass is 9.97. The van der Waals surface area contributed by atoms with Crippen LogP contribution < -0.4 is 10.2 Å². The Bertz CT molecular complexity index is 486. The van der Waals surface area contributed by atoms with E-state index < -0.39 is 5.60 Å². The zero-order valence-electron chi connectivity index (χ0n) is 12.6. The summed E-state index contributed by atoms with van der Waals surface area (Å²) >= 11 is 5.95. The zero-order valence-corrected chi connectivity index (χ0v) is 13.4. The number of ether oxygens (including phenoxy) is 1. The minimum Gasteiger partial charge on any atom is -0.385 e. The Morgan fingerprint density at radius 1 is 1.38 bits per heavy atom. The number of hydrogen-bond donors (Lipinski definition) is 2. The molecule has 0 amide bonds. The van der Waals surface area contributed by atoms with Crippen LogP contribution in [0, 0.1) is 0 Å². The first-order valence-electron chi connectivity index (χ1n) is 7.23. The van der Waals surface area contributed by atoms with Gasteiger partial charge in [-0.25, -0.2) is 0 Å². The fraction of sp³-hybridized carbons (Fsp3) is 0.769. The van der Waals surface area contributed by atoms with Crippen LogP contribution in [-0.2, 0) is 4.74 Å². The van der Waals surface area contributed by atoms with Crippen molar-refractivity contribution in [3.8, 4) is 0 Å². The molecule has 2 heterocycles. The van der Waals surface area contributed by atoms with Gasteiger partial charge in [0, 0.05) is 32.7 Å². The Morgan fingerprint density at radius 3 is 2.67 bits per heavy atom. The topological polar surface area (TPSA) is 83.4 Å². The van der Waals surface area contributed by atoms with Crippen LogP contribution in [0.3, 0.4) is 0 Å². The maximum absolute atomic E-state index is 10.5. The number of anilines is 2. The van der Waals surface area contributed by atoms with Gasteiger partial charge in [0.25, 0.3) is 0 Å². The molecule has 1 aromatic heterocycles. The third-order valence-electron chi connectivity index (χ3n) is 3.85. The van der Waals surface area contributed by atoms with Crippen molar-refractivity contribution in [3.05, 3.63) is 5.28 Å². The molecule has 1 aromatic rings. The third kappa shape index (κ3) is 3.72. The number of aromatic nitrogens is 3. The van der Waals surface area contributed by atoms with Crippen LogP contribution in [0.5, 0.6) is 0 Å². The summed E-state index contributed by atoms with van der Waals surface area (Å²) in [4.78, 5) is 14.5. The predicted molar refractivity (Wildman–Crippen MR) is 81.9 cm³/mol. The van der Waals surface area contributed by atoms with Gasteiger partial charge in [0.2, 0.25) is 17.2 Å². The molecule has 1 saturated heterocycles. The van der Waals surface area contributed by atoms with E-state index in [9.17, 15) is 5.11 Å². The molecule has 7 nitrogen and oxygen atoms in total. The minimum absolute atomic E-state index is 0.136.